The molecule has 1 aromatic carbocycles. The van der Waals surface area contributed by atoms with Gasteiger partial charge in [-0.2, -0.15) is 28.0 Å². The van der Waals surface area contributed by atoms with Crippen molar-refractivity contribution in [2.45, 2.75) is 6.18 Å². The van der Waals surface area contributed by atoms with E-state index in [1.165, 1.54) is 23.0 Å². The Balaban J connectivity index is 1.91. The van der Waals surface area contributed by atoms with E-state index in [-0.39, 0.29) is 4.77 Å². The minimum Gasteiger partial charge on any atom is -0.265 e. The Bertz CT molecular complexity index is 911. The second-order valence-electron chi connectivity index (χ2n) is 4.76. The topological polar surface area (TPSA) is 58.9 Å². The molecule has 2 heterocycles. The van der Waals surface area contributed by atoms with Crippen molar-refractivity contribution in [2.24, 2.45) is 5.10 Å². The number of hydrogen-bond donors (Lipinski definition) is 1. The Morgan fingerprint density at radius 1 is 1.08 bits per heavy atom. The van der Waals surface area contributed by atoms with Crippen molar-refractivity contribution in [3.05, 3.63) is 64.7 Å². The van der Waals surface area contributed by atoms with Crippen LogP contribution in [0.1, 0.15) is 11.1 Å². The van der Waals surface area contributed by atoms with Crippen molar-refractivity contribution in [2.75, 3.05) is 0 Å². The predicted octanol–water partition coefficient (Wildman–Crippen LogP) is 3.90. The molecule has 0 bridgehead atoms. The fraction of sp³-hybridized carbons (Fsp3) is 0.0667. The highest BCUT2D eigenvalue weighted by Gasteiger charge is 2.29. The summed E-state index contributed by atoms with van der Waals surface area (Å²) in [4.78, 5) is 3.93. The average molecular weight is 349 g/mol. The molecule has 3 aromatic rings. The highest BCUT2D eigenvalue weighted by atomic mass is 32.1. The third-order valence-corrected chi connectivity index (χ3v) is 3.41. The van der Waals surface area contributed by atoms with Crippen molar-refractivity contribution >= 4 is 18.4 Å². The number of pyridine rings is 1. The van der Waals surface area contributed by atoms with Crippen LogP contribution in [0.2, 0.25) is 0 Å². The van der Waals surface area contributed by atoms with Crippen LogP contribution < -0.4 is 0 Å². The first-order valence-electron chi connectivity index (χ1n) is 6.74. The molecule has 2 aromatic heterocycles. The van der Waals surface area contributed by atoms with Gasteiger partial charge in [0.15, 0.2) is 5.82 Å². The quantitative estimate of drug-likeness (QED) is 0.576. The number of benzene rings is 1. The zero-order valence-electron chi connectivity index (χ0n) is 12.0. The molecule has 0 spiro atoms. The van der Waals surface area contributed by atoms with Crippen LogP contribution in [0, 0.1) is 4.77 Å². The molecule has 0 amide bonds. The molecule has 1 N–H and O–H groups in total. The highest BCUT2D eigenvalue weighted by Crippen LogP contribution is 2.28. The minimum absolute atomic E-state index is 0.268. The van der Waals surface area contributed by atoms with Gasteiger partial charge in [-0.3, -0.25) is 4.98 Å². The van der Waals surface area contributed by atoms with Crippen LogP contribution in [-0.4, -0.2) is 26.1 Å². The lowest BCUT2D eigenvalue weighted by Crippen LogP contribution is -2.04. The van der Waals surface area contributed by atoms with E-state index in [9.17, 15) is 13.2 Å². The molecule has 0 aliphatic rings. The molecule has 0 unspecified atom stereocenters. The van der Waals surface area contributed by atoms with Gasteiger partial charge in [-0.15, -0.1) is 0 Å². The van der Waals surface area contributed by atoms with Gasteiger partial charge in [-0.05, 0) is 42.0 Å². The van der Waals surface area contributed by atoms with Crippen molar-refractivity contribution in [1.82, 2.24) is 19.9 Å². The number of hydrogen-bond acceptors (Lipinski definition) is 4. The Labute approximate surface area is 139 Å². The Morgan fingerprint density at radius 3 is 2.38 bits per heavy atom. The van der Waals surface area contributed by atoms with Gasteiger partial charge in [0, 0.05) is 18.0 Å². The van der Waals surface area contributed by atoms with Gasteiger partial charge in [0.1, 0.15) is 0 Å². The first kappa shape index (κ1) is 16.1. The lowest BCUT2D eigenvalue weighted by molar-refractivity contribution is -0.137. The van der Waals surface area contributed by atoms with E-state index in [1.807, 2.05) is 0 Å². The Hall–Kier alpha value is -2.81. The summed E-state index contributed by atoms with van der Waals surface area (Å²) in [6.07, 6.45) is 0.265. The van der Waals surface area contributed by atoms with Crippen molar-refractivity contribution in [1.29, 1.82) is 0 Å². The van der Waals surface area contributed by atoms with E-state index in [0.717, 1.165) is 17.7 Å². The summed E-state index contributed by atoms with van der Waals surface area (Å²) in [5, 5.41) is 10.9. The molecule has 5 nitrogen and oxygen atoms in total. The number of halogens is 3. The molecule has 0 saturated heterocycles. The fourth-order valence-corrected chi connectivity index (χ4v) is 2.15. The second kappa shape index (κ2) is 6.36. The molecule has 0 atom stereocenters. The number of H-pyrrole nitrogens is 1. The summed E-state index contributed by atoms with van der Waals surface area (Å²) >= 11 is 5.12. The smallest absolute Gasteiger partial charge is 0.265 e. The Morgan fingerprint density at radius 2 is 1.75 bits per heavy atom. The highest BCUT2D eigenvalue weighted by molar-refractivity contribution is 7.71. The fourth-order valence-electron chi connectivity index (χ4n) is 1.97. The molecular formula is C15H10F3N5S. The zero-order chi connectivity index (χ0) is 17.2. The van der Waals surface area contributed by atoms with Gasteiger partial charge in [0.05, 0.1) is 11.8 Å². The number of alkyl halides is 3. The van der Waals surface area contributed by atoms with Gasteiger partial charge < -0.3 is 0 Å². The van der Waals surface area contributed by atoms with E-state index in [0.29, 0.717) is 11.4 Å². The first-order valence-corrected chi connectivity index (χ1v) is 7.15. The monoisotopic (exact) mass is 349 g/mol. The summed E-state index contributed by atoms with van der Waals surface area (Å²) < 4.78 is 39.3. The first-order chi connectivity index (χ1) is 11.4. The summed E-state index contributed by atoms with van der Waals surface area (Å²) in [6.45, 7) is 0. The van der Waals surface area contributed by atoms with Crippen molar-refractivity contribution in [3.8, 4) is 11.4 Å². The van der Waals surface area contributed by atoms with Crippen LogP contribution in [0.15, 0.2) is 53.9 Å². The van der Waals surface area contributed by atoms with E-state index in [1.54, 1.807) is 24.5 Å². The minimum atomic E-state index is -4.36. The summed E-state index contributed by atoms with van der Waals surface area (Å²) in [7, 11) is 0. The van der Waals surface area contributed by atoms with Crippen LogP contribution in [0.3, 0.4) is 0 Å². The molecule has 0 radical (unpaired) electrons. The number of aromatic nitrogens is 4. The SMILES string of the molecule is FC(F)(F)c1ccc(/C=N/n2c(-c3ccncc3)n[nH]c2=S)cc1. The molecule has 3 rings (SSSR count). The van der Waals surface area contributed by atoms with Crippen LogP contribution in [0.4, 0.5) is 13.2 Å². The van der Waals surface area contributed by atoms with Crippen LogP contribution in [0.25, 0.3) is 11.4 Å². The number of nitrogens with zero attached hydrogens (tertiary/aromatic N) is 4. The summed E-state index contributed by atoms with van der Waals surface area (Å²) in [6, 6.07) is 8.16. The lowest BCUT2D eigenvalue weighted by Gasteiger charge is -2.05. The van der Waals surface area contributed by atoms with Crippen molar-refractivity contribution < 1.29 is 13.2 Å². The van der Waals surface area contributed by atoms with E-state index in [2.05, 4.69) is 20.3 Å². The molecule has 0 saturated carbocycles. The normalized spacial score (nSPS) is 12.0. The number of rotatable bonds is 3. The third-order valence-electron chi connectivity index (χ3n) is 3.15. The number of nitrogens with one attached hydrogen (secondary N) is 1. The average Bonchev–Trinajstić information content (AvgIpc) is 2.94. The molecule has 9 heteroatoms. The summed E-state index contributed by atoms with van der Waals surface area (Å²) in [5.41, 5.74) is 0.547. The molecule has 122 valence electrons. The van der Waals surface area contributed by atoms with Gasteiger partial charge in [-0.1, -0.05) is 12.1 Å². The second-order valence-corrected chi connectivity index (χ2v) is 5.15. The van der Waals surface area contributed by atoms with Gasteiger partial charge in [0.25, 0.3) is 0 Å². The maximum absolute atomic E-state index is 12.6. The zero-order valence-corrected chi connectivity index (χ0v) is 12.8. The van der Waals surface area contributed by atoms with Crippen molar-refractivity contribution in [3.63, 3.8) is 0 Å². The molecule has 0 fully saturated rings. The van der Waals surface area contributed by atoms with Crippen LogP contribution in [-0.2, 0) is 6.18 Å². The maximum Gasteiger partial charge on any atom is 0.416 e. The van der Waals surface area contributed by atoms with Crippen LogP contribution in [0.5, 0.6) is 0 Å². The van der Waals surface area contributed by atoms with E-state index < -0.39 is 11.7 Å². The number of aromatic amines is 1. The third kappa shape index (κ3) is 3.40. The Kier molecular flexibility index (Phi) is 4.26. The van der Waals surface area contributed by atoms with Gasteiger partial charge in [-0.25, -0.2) is 5.10 Å². The van der Waals surface area contributed by atoms with Crippen LogP contribution >= 0.6 is 12.2 Å². The van der Waals surface area contributed by atoms with Gasteiger partial charge >= 0.3 is 6.18 Å². The summed E-state index contributed by atoms with van der Waals surface area (Å²) in [5.74, 6) is 0.477. The van der Waals surface area contributed by atoms with E-state index >= 15 is 0 Å². The molecule has 24 heavy (non-hydrogen) atoms. The molecular weight excluding hydrogens is 339 g/mol. The predicted molar refractivity (Wildman–Crippen MR) is 85.1 cm³/mol. The largest absolute Gasteiger partial charge is 0.416 e. The van der Waals surface area contributed by atoms with Gasteiger partial charge in [0.2, 0.25) is 4.77 Å². The molecule has 0 aliphatic heterocycles. The lowest BCUT2D eigenvalue weighted by atomic mass is 10.1. The van der Waals surface area contributed by atoms with E-state index in [4.69, 9.17) is 12.2 Å². The standard InChI is InChI=1S/C15H10F3N5S/c16-15(17,18)12-3-1-10(2-4-12)9-20-23-13(21-22-14(23)24)11-5-7-19-8-6-11/h1-9H,(H,22,24)/b20-9+. The maximum atomic E-state index is 12.6. The molecule has 0 aliphatic carbocycles.